The predicted octanol–water partition coefficient (Wildman–Crippen LogP) is 4.05. The molecule has 0 bridgehead atoms. The van der Waals surface area contributed by atoms with Crippen molar-refractivity contribution < 1.29 is 23.1 Å². The molecule has 0 unspecified atom stereocenters. The number of aliphatic hydroxyl groups is 1. The van der Waals surface area contributed by atoms with Crippen molar-refractivity contribution in [1.82, 2.24) is 14.5 Å². The highest BCUT2D eigenvalue weighted by molar-refractivity contribution is 5.91. The molecule has 152 valence electrons. The number of imidazole rings is 1. The van der Waals surface area contributed by atoms with E-state index in [0.717, 1.165) is 19.3 Å². The molecule has 6 nitrogen and oxygen atoms in total. The van der Waals surface area contributed by atoms with Crippen LogP contribution in [0.2, 0.25) is 0 Å². The van der Waals surface area contributed by atoms with Gasteiger partial charge in [-0.3, -0.25) is 14.7 Å². The van der Waals surface area contributed by atoms with Crippen LogP contribution in [0.15, 0.2) is 12.1 Å². The van der Waals surface area contributed by atoms with E-state index in [1.165, 1.54) is 0 Å². The lowest BCUT2D eigenvalue weighted by Crippen LogP contribution is -2.30. The zero-order chi connectivity index (χ0) is 20.3. The van der Waals surface area contributed by atoms with E-state index < -0.39 is 29.5 Å². The third-order valence-corrected chi connectivity index (χ3v) is 5.81. The number of rotatable bonds is 5. The lowest BCUT2D eigenvalue weighted by atomic mass is 9.93. The molecule has 1 amide bonds. The van der Waals surface area contributed by atoms with E-state index in [9.17, 15) is 23.1 Å². The fourth-order valence-electron chi connectivity index (χ4n) is 3.58. The van der Waals surface area contributed by atoms with Crippen molar-refractivity contribution in [3.63, 3.8) is 0 Å². The number of amides is 1. The van der Waals surface area contributed by atoms with Gasteiger partial charge in [-0.25, -0.2) is 9.97 Å². The van der Waals surface area contributed by atoms with Crippen molar-refractivity contribution in [2.75, 3.05) is 5.32 Å². The van der Waals surface area contributed by atoms with Gasteiger partial charge in [0.05, 0.1) is 11.1 Å². The number of anilines is 1. The van der Waals surface area contributed by atoms with Crippen LogP contribution in [0.25, 0.3) is 11.2 Å². The van der Waals surface area contributed by atoms with Gasteiger partial charge in [-0.2, -0.15) is 13.2 Å². The van der Waals surface area contributed by atoms with Gasteiger partial charge in [0.2, 0.25) is 11.9 Å². The maximum absolute atomic E-state index is 13.2. The molecular formula is C19H23F3N4O2. The maximum Gasteiger partial charge on any atom is 0.395 e. The number of hydrogen-bond acceptors (Lipinski definition) is 4. The van der Waals surface area contributed by atoms with Crippen LogP contribution in [0.4, 0.5) is 19.1 Å². The monoisotopic (exact) mass is 396 g/mol. The summed E-state index contributed by atoms with van der Waals surface area (Å²) in [5, 5.41) is 12.8. The lowest BCUT2D eigenvalue weighted by molar-refractivity contribution is -0.189. The number of fused-ring (bicyclic) bond motifs is 1. The number of nitrogens with one attached hydrogen (secondary N) is 1. The topological polar surface area (TPSA) is 80.0 Å². The molecule has 4 rings (SSSR count). The number of halogens is 3. The van der Waals surface area contributed by atoms with E-state index in [-0.39, 0.29) is 24.8 Å². The molecule has 0 aliphatic heterocycles. The molecule has 0 aromatic carbocycles. The zero-order valence-electron chi connectivity index (χ0n) is 15.8. The average Bonchev–Trinajstić information content (AvgIpc) is 3.22. The number of aromatic nitrogens is 3. The highest BCUT2D eigenvalue weighted by Gasteiger charge is 2.63. The largest absolute Gasteiger partial charge is 0.395 e. The van der Waals surface area contributed by atoms with Crippen LogP contribution < -0.4 is 5.32 Å². The minimum Gasteiger partial charge on any atom is -0.384 e. The van der Waals surface area contributed by atoms with Crippen LogP contribution in [0.5, 0.6) is 0 Å². The van der Waals surface area contributed by atoms with Gasteiger partial charge in [0.25, 0.3) is 0 Å². The number of nitrogens with zero attached hydrogens (tertiary/aromatic N) is 3. The number of carbonyl (C=O) groups excluding carboxylic acids is 1. The first-order chi connectivity index (χ1) is 13.0. The molecule has 0 atom stereocenters. The number of pyridine rings is 1. The smallest absolute Gasteiger partial charge is 0.384 e. The first-order valence-corrected chi connectivity index (χ1v) is 9.49. The molecule has 2 saturated carbocycles. The maximum atomic E-state index is 13.2. The number of carbonyl (C=O) groups is 1. The summed E-state index contributed by atoms with van der Waals surface area (Å²) in [5.74, 6) is -0.462. The van der Waals surface area contributed by atoms with Crippen LogP contribution in [-0.2, 0) is 10.4 Å². The summed E-state index contributed by atoms with van der Waals surface area (Å²) in [6, 6.07) is 3.45. The average molecular weight is 396 g/mol. The SMILES string of the molecule is CC(C)(O)c1ccc2nc(NC(=O)CC3(C(F)(F)F)CC3)n(C3CCC3)c2n1. The van der Waals surface area contributed by atoms with Gasteiger partial charge in [-0.05, 0) is 58.1 Å². The van der Waals surface area contributed by atoms with Crippen LogP contribution in [0.1, 0.15) is 64.1 Å². The van der Waals surface area contributed by atoms with E-state index in [2.05, 4.69) is 15.3 Å². The van der Waals surface area contributed by atoms with E-state index in [1.54, 1.807) is 30.5 Å². The summed E-state index contributed by atoms with van der Waals surface area (Å²) < 4.78 is 41.3. The van der Waals surface area contributed by atoms with Crippen molar-refractivity contribution >= 4 is 23.0 Å². The van der Waals surface area contributed by atoms with Gasteiger partial charge in [-0.15, -0.1) is 0 Å². The molecule has 2 fully saturated rings. The van der Waals surface area contributed by atoms with Gasteiger partial charge >= 0.3 is 6.18 Å². The highest BCUT2D eigenvalue weighted by Crippen LogP contribution is 2.60. The Morgan fingerprint density at radius 1 is 1.29 bits per heavy atom. The van der Waals surface area contributed by atoms with Gasteiger partial charge < -0.3 is 5.11 Å². The van der Waals surface area contributed by atoms with Crippen LogP contribution in [-0.4, -0.2) is 31.7 Å². The van der Waals surface area contributed by atoms with E-state index in [0.29, 0.717) is 16.9 Å². The second kappa shape index (κ2) is 6.17. The molecule has 2 aliphatic carbocycles. The van der Waals surface area contributed by atoms with Gasteiger partial charge in [0.1, 0.15) is 11.1 Å². The first-order valence-electron chi connectivity index (χ1n) is 9.49. The second-order valence-electron chi connectivity index (χ2n) is 8.49. The van der Waals surface area contributed by atoms with E-state index in [4.69, 9.17) is 0 Å². The summed E-state index contributed by atoms with van der Waals surface area (Å²) in [7, 11) is 0. The quantitative estimate of drug-likeness (QED) is 0.799. The van der Waals surface area contributed by atoms with Crippen molar-refractivity contribution in [1.29, 1.82) is 0 Å². The molecule has 2 aromatic rings. The van der Waals surface area contributed by atoms with E-state index in [1.807, 2.05) is 0 Å². The normalized spacial score (nSPS) is 19.5. The highest BCUT2D eigenvalue weighted by atomic mass is 19.4. The standard InChI is InChI=1S/C19H23F3N4O2/c1-17(2,28)13-7-6-12-15(24-13)26(11-4-3-5-11)16(23-12)25-14(27)10-18(8-9-18)19(20,21)22/h6-7,11,28H,3-5,8-10H2,1-2H3,(H,23,25,27). The third kappa shape index (κ3) is 3.25. The van der Waals surface area contributed by atoms with Crippen molar-refractivity contribution in [2.45, 2.75) is 70.2 Å². The van der Waals surface area contributed by atoms with Crippen LogP contribution in [0, 0.1) is 5.41 Å². The first kappa shape index (κ1) is 19.2. The molecule has 0 saturated heterocycles. The molecule has 2 N–H and O–H groups in total. The van der Waals surface area contributed by atoms with Gasteiger partial charge in [-0.1, -0.05) is 0 Å². The Bertz CT molecular complexity index is 922. The Kier molecular flexibility index (Phi) is 4.22. The minimum absolute atomic E-state index is 0.0144. The summed E-state index contributed by atoms with van der Waals surface area (Å²) in [5.41, 5.74) is -1.51. The fourth-order valence-corrected chi connectivity index (χ4v) is 3.58. The van der Waals surface area contributed by atoms with Gasteiger partial charge in [0, 0.05) is 12.5 Å². The zero-order valence-corrected chi connectivity index (χ0v) is 15.8. The van der Waals surface area contributed by atoms with Crippen molar-refractivity contribution in [3.8, 4) is 0 Å². The third-order valence-electron chi connectivity index (χ3n) is 5.81. The Morgan fingerprint density at radius 2 is 1.96 bits per heavy atom. The molecule has 9 heteroatoms. The molecule has 2 aliphatic rings. The molecular weight excluding hydrogens is 373 g/mol. The van der Waals surface area contributed by atoms with Crippen LogP contribution >= 0.6 is 0 Å². The number of alkyl halides is 3. The Labute approximate surface area is 160 Å². The summed E-state index contributed by atoms with van der Waals surface area (Å²) in [6.45, 7) is 3.25. The Balaban J connectivity index is 1.66. The van der Waals surface area contributed by atoms with Crippen molar-refractivity contribution in [2.24, 2.45) is 5.41 Å². The minimum atomic E-state index is -4.37. The van der Waals surface area contributed by atoms with Gasteiger partial charge in [0.15, 0.2) is 5.65 Å². The molecule has 0 spiro atoms. The molecule has 2 heterocycles. The Hall–Kier alpha value is -2.16. The molecule has 2 aromatic heterocycles. The fraction of sp³-hybridized carbons (Fsp3) is 0.632. The van der Waals surface area contributed by atoms with Crippen LogP contribution in [0.3, 0.4) is 0 Å². The lowest BCUT2D eigenvalue weighted by Gasteiger charge is -2.29. The molecule has 0 radical (unpaired) electrons. The summed E-state index contributed by atoms with van der Waals surface area (Å²) in [4.78, 5) is 21.3. The Morgan fingerprint density at radius 3 is 2.46 bits per heavy atom. The van der Waals surface area contributed by atoms with E-state index >= 15 is 0 Å². The molecule has 28 heavy (non-hydrogen) atoms. The summed E-state index contributed by atoms with van der Waals surface area (Å²) in [6.07, 6.45) is -2.20. The number of hydrogen-bond donors (Lipinski definition) is 2. The summed E-state index contributed by atoms with van der Waals surface area (Å²) >= 11 is 0. The van der Waals surface area contributed by atoms with Crippen molar-refractivity contribution in [3.05, 3.63) is 17.8 Å². The predicted molar refractivity (Wildman–Crippen MR) is 96.6 cm³/mol. The second-order valence-corrected chi connectivity index (χ2v) is 8.49.